The molecule has 1 aliphatic rings. The summed E-state index contributed by atoms with van der Waals surface area (Å²) in [7, 11) is 1.63. The number of ether oxygens (including phenoxy) is 1. The number of amides is 3. The van der Waals surface area contributed by atoms with E-state index in [1.165, 1.54) is 17.0 Å². The Kier molecular flexibility index (Phi) is 9.30. The zero-order chi connectivity index (χ0) is 27.8. The third-order valence-corrected chi connectivity index (χ3v) is 6.50. The Labute approximate surface area is 228 Å². The summed E-state index contributed by atoms with van der Waals surface area (Å²) in [5.74, 6) is 1.04. The molecule has 0 bridgehead atoms. The summed E-state index contributed by atoms with van der Waals surface area (Å²) in [4.78, 5) is 31.5. The second-order valence-corrected chi connectivity index (χ2v) is 9.82. The van der Waals surface area contributed by atoms with Crippen molar-refractivity contribution >= 4 is 17.8 Å². The van der Waals surface area contributed by atoms with Crippen molar-refractivity contribution < 1.29 is 18.7 Å². The molecule has 1 fully saturated rings. The fourth-order valence-electron chi connectivity index (χ4n) is 4.44. The monoisotopic (exact) mass is 534 g/mol. The van der Waals surface area contributed by atoms with Crippen molar-refractivity contribution in [3.8, 4) is 17.0 Å². The molecule has 9 nitrogen and oxygen atoms in total. The summed E-state index contributed by atoms with van der Waals surface area (Å²) in [6, 6.07) is 17.1. The molecule has 1 aromatic heterocycles. The molecule has 1 N–H and O–H groups in total. The minimum absolute atomic E-state index is 0.0645. The van der Waals surface area contributed by atoms with Crippen LogP contribution in [0, 0.1) is 5.82 Å². The highest BCUT2D eigenvalue weighted by molar-refractivity contribution is 5.84. The van der Waals surface area contributed by atoms with Gasteiger partial charge in [-0.25, -0.2) is 9.18 Å². The highest BCUT2D eigenvalue weighted by Gasteiger charge is 2.24. The first-order valence-electron chi connectivity index (χ1n) is 13.1. The van der Waals surface area contributed by atoms with Crippen LogP contribution in [-0.4, -0.2) is 77.8 Å². The molecule has 10 heteroatoms. The van der Waals surface area contributed by atoms with Crippen LogP contribution in [0.25, 0.3) is 11.3 Å². The lowest BCUT2D eigenvalue weighted by atomic mass is 10.1. The van der Waals surface area contributed by atoms with Gasteiger partial charge in [0, 0.05) is 44.3 Å². The summed E-state index contributed by atoms with van der Waals surface area (Å²) in [6.07, 6.45) is 0.765. The molecule has 0 atom stereocenters. The highest BCUT2D eigenvalue weighted by atomic mass is 19.1. The minimum atomic E-state index is -0.346. The van der Waals surface area contributed by atoms with E-state index in [2.05, 4.69) is 20.4 Å². The number of hydrogen-bond acceptors (Lipinski definition) is 6. The number of rotatable bonds is 8. The molecule has 0 spiro atoms. The number of hydrogen-bond donors (Lipinski definition) is 1. The van der Waals surface area contributed by atoms with Gasteiger partial charge in [0.25, 0.3) is 0 Å². The van der Waals surface area contributed by atoms with Crippen LogP contribution in [0.15, 0.2) is 60.7 Å². The summed E-state index contributed by atoms with van der Waals surface area (Å²) in [5, 5.41) is 11.7. The van der Waals surface area contributed by atoms with E-state index < -0.39 is 0 Å². The second-order valence-electron chi connectivity index (χ2n) is 9.82. The van der Waals surface area contributed by atoms with E-state index in [0.717, 1.165) is 41.4 Å². The number of methoxy groups -OCH3 is 1. The van der Waals surface area contributed by atoms with Gasteiger partial charge < -0.3 is 24.8 Å². The van der Waals surface area contributed by atoms with Crippen molar-refractivity contribution in [2.24, 2.45) is 0 Å². The lowest BCUT2D eigenvalue weighted by Gasteiger charge is -2.28. The largest absolute Gasteiger partial charge is 0.497 e. The first-order valence-corrected chi connectivity index (χ1v) is 13.1. The van der Waals surface area contributed by atoms with Gasteiger partial charge in [-0.1, -0.05) is 24.3 Å². The van der Waals surface area contributed by atoms with Gasteiger partial charge in [-0.2, -0.15) is 0 Å². The zero-order valence-electron chi connectivity index (χ0n) is 22.6. The van der Waals surface area contributed by atoms with Crippen LogP contribution in [0.2, 0.25) is 0 Å². The van der Waals surface area contributed by atoms with E-state index >= 15 is 0 Å². The lowest BCUT2D eigenvalue weighted by molar-refractivity contribution is -0.131. The topological polar surface area (TPSA) is 90.9 Å². The smallest absolute Gasteiger partial charge is 0.318 e. The molecule has 3 aromatic rings. The molecule has 0 saturated carbocycles. The number of carbonyl (C=O) groups excluding carboxylic acids is 2. The van der Waals surface area contributed by atoms with E-state index in [1.807, 2.05) is 50.2 Å². The Hall–Kier alpha value is -4.21. The van der Waals surface area contributed by atoms with Crippen LogP contribution in [0.5, 0.6) is 5.75 Å². The van der Waals surface area contributed by atoms with Crippen LogP contribution >= 0.6 is 0 Å². The SMILES string of the molecule is COc1cccc(-c2ccc(N3CCCN(C(=O)CN(Cc4ccc(F)cc4)C(=O)NC(C)C)CC3)nn2)c1. The number of anilines is 1. The molecular weight excluding hydrogens is 499 g/mol. The van der Waals surface area contributed by atoms with Gasteiger partial charge in [0.15, 0.2) is 5.82 Å². The van der Waals surface area contributed by atoms with E-state index in [9.17, 15) is 14.0 Å². The number of halogens is 1. The lowest BCUT2D eigenvalue weighted by Crippen LogP contribution is -2.48. The zero-order valence-corrected chi connectivity index (χ0v) is 22.6. The fraction of sp³-hybridized carbons (Fsp3) is 0.379. The molecule has 3 amide bonds. The number of urea groups is 1. The van der Waals surface area contributed by atoms with Crippen LogP contribution in [0.3, 0.4) is 0 Å². The summed E-state index contributed by atoms with van der Waals surface area (Å²) < 4.78 is 18.7. The molecule has 39 heavy (non-hydrogen) atoms. The Morgan fingerprint density at radius 3 is 2.51 bits per heavy atom. The van der Waals surface area contributed by atoms with Crippen molar-refractivity contribution in [3.63, 3.8) is 0 Å². The van der Waals surface area contributed by atoms with Crippen LogP contribution < -0.4 is 15.0 Å². The molecule has 0 aliphatic carbocycles. The maximum atomic E-state index is 13.4. The number of benzene rings is 2. The van der Waals surface area contributed by atoms with Gasteiger partial charge >= 0.3 is 6.03 Å². The standard InChI is InChI=1S/C29H35FN6O3/c1-21(2)31-29(38)36(19-22-8-10-24(30)11-9-22)20-28(37)35-15-5-14-34(16-17-35)27-13-12-26(32-33-27)23-6-4-7-25(18-23)39-3/h4,6-13,18,21H,5,14-17,19-20H2,1-3H3,(H,31,38). The Bertz CT molecular complexity index is 1250. The predicted octanol–water partition coefficient (Wildman–Crippen LogP) is 3.95. The van der Waals surface area contributed by atoms with Crippen molar-refractivity contribution in [2.45, 2.75) is 32.9 Å². The van der Waals surface area contributed by atoms with Gasteiger partial charge in [0.2, 0.25) is 5.91 Å². The van der Waals surface area contributed by atoms with Gasteiger partial charge in [-0.3, -0.25) is 4.79 Å². The van der Waals surface area contributed by atoms with E-state index in [-0.39, 0.29) is 36.9 Å². The average molecular weight is 535 g/mol. The maximum Gasteiger partial charge on any atom is 0.318 e. The van der Waals surface area contributed by atoms with Gasteiger partial charge in [0.05, 0.1) is 12.8 Å². The van der Waals surface area contributed by atoms with E-state index in [4.69, 9.17) is 4.74 Å². The Morgan fingerprint density at radius 1 is 1.03 bits per heavy atom. The molecular formula is C29H35FN6O3. The summed E-state index contributed by atoms with van der Waals surface area (Å²) >= 11 is 0. The first-order chi connectivity index (χ1) is 18.8. The molecule has 4 rings (SSSR count). The van der Waals surface area contributed by atoms with Crippen molar-refractivity contribution in [1.29, 1.82) is 0 Å². The highest BCUT2D eigenvalue weighted by Crippen LogP contribution is 2.23. The molecule has 206 valence electrons. The normalized spacial score (nSPS) is 13.7. The molecule has 0 radical (unpaired) electrons. The second kappa shape index (κ2) is 13.0. The Balaban J connectivity index is 1.38. The fourth-order valence-corrected chi connectivity index (χ4v) is 4.44. The number of aromatic nitrogens is 2. The van der Waals surface area contributed by atoms with Gasteiger partial charge in [-0.05, 0) is 62.2 Å². The van der Waals surface area contributed by atoms with E-state index in [0.29, 0.717) is 19.6 Å². The average Bonchev–Trinajstić information content (AvgIpc) is 3.20. The third kappa shape index (κ3) is 7.66. The van der Waals surface area contributed by atoms with Gasteiger partial charge in [-0.15, -0.1) is 10.2 Å². The summed E-state index contributed by atoms with van der Waals surface area (Å²) in [6.45, 7) is 6.32. The van der Waals surface area contributed by atoms with Crippen LogP contribution in [0.4, 0.5) is 15.0 Å². The van der Waals surface area contributed by atoms with Crippen LogP contribution in [0.1, 0.15) is 25.8 Å². The molecule has 1 aliphatic heterocycles. The minimum Gasteiger partial charge on any atom is -0.497 e. The van der Waals surface area contributed by atoms with E-state index in [1.54, 1.807) is 24.1 Å². The quantitative estimate of drug-likeness (QED) is 0.471. The van der Waals surface area contributed by atoms with Crippen molar-refractivity contribution in [1.82, 2.24) is 25.3 Å². The molecule has 1 saturated heterocycles. The molecule has 2 aromatic carbocycles. The third-order valence-electron chi connectivity index (χ3n) is 6.50. The number of nitrogens with one attached hydrogen (secondary N) is 1. The Morgan fingerprint density at radius 2 is 1.82 bits per heavy atom. The first kappa shape index (κ1) is 27.8. The summed E-state index contributed by atoms with van der Waals surface area (Å²) in [5.41, 5.74) is 2.43. The van der Waals surface area contributed by atoms with Crippen molar-refractivity contribution in [3.05, 3.63) is 72.0 Å². The predicted molar refractivity (Wildman–Crippen MR) is 148 cm³/mol. The number of carbonyl (C=O) groups is 2. The maximum absolute atomic E-state index is 13.4. The number of nitrogens with zero attached hydrogens (tertiary/aromatic N) is 5. The van der Waals surface area contributed by atoms with Crippen molar-refractivity contribution in [2.75, 3.05) is 44.7 Å². The molecule has 2 heterocycles. The molecule has 0 unspecified atom stereocenters. The van der Waals surface area contributed by atoms with Gasteiger partial charge in [0.1, 0.15) is 18.1 Å². The van der Waals surface area contributed by atoms with Crippen LogP contribution in [-0.2, 0) is 11.3 Å².